The molecule has 4 rings (SSSR count). The lowest BCUT2D eigenvalue weighted by atomic mass is 9.78. The topological polar surface area (TPSA) is 233 Å². The number of amides is 4. The first kappa shape index (κ1) is 36.0. The number of primary amides is 1. The molecule has 9 N–H and O–H groups in total. The number of rotatable bonds is 14. The summed E-state index contributed by atoms with van der Waals surface area (Å²) in [5.74, 6) is -1.80. The van der Waals surface area contributed by atoms with Gasteiger partial charge >= 0.3 is 13.9 Å². The van der Waals surface area contributed by atoms with Gasteiger partial charge in [-0.15, -0.1) is 0 Å². The smallest absolute Gasteiger partial charge is 0.465 e. The van der Waals surface area contributed by atoms with Crippen LogP contribution < -0.4 is 26.2 Å². The molecule has 0 saturated carbocycles. The Hall–Kier alpha value is -3.81. The molecule has 0 bridgehead atoms. The van der Waals surface area contributed by atoms with E-state index in [1.54, 1.807) is 12.1 Å². The van der Waals surface area contributed by atoms with Gasteiger partial charge in [0, 0.05) is 35.5 Å². The van der Waals surface area contributed by atoms with Crippen LogP contribution in [0.1, 0.15) is 49.4 Å². The number of carbonyl (C=O) groups excluding carboxylic acids is 3. The molecule has 1 aliphatic carbocycles. The van der Waals surface area contributed by atoms with Gasteiger partial charge in [0.2, 0.25) is 17.7 Å². The number of hydrogen-bond acceptors (Lipinski definition) is 6. The number of hydrogen-bond donors (Lipinski definition) is 8. The number of aryl methyl sites for hydroxylation is 2. The highest BCUT2D eigenvalue weighted by atomic mass is 35.5. The molecule has 1 heterocycles. The average molecular weight is 713 g/mol. The van der Waals surface area contributed by atoms with Gasteiger partial charge in [0.05, 0.1) is 10.5 Å². The summed E-state index contributed by atoms with van der Waals surface area (Å²) >= 11 is 12.7. The van der Waals surface area contributed by atoms with E-state index >= 15 is 0 Å². The van der Waals surface area contributed by atoms with Gasteiger partial charge in [0.25, 0.3) is 0 Å². The number of fused-ring (bicyclic) bond motifs is 3. The standard InChI is InChI=1S/C30H36Cl2N5O9P/c1-16(2-9-25(33)38)15-34-28(40)30(11-10-23-21(14-30)20-12-18(31)13-22(32)26(20)35-23)37-27(39)24(36-29(41)42)8-5-17-3-6-19(7-4-17)46-47(43,44)45/h3-4,6-7,12-13,16,24,35-36H,2,5,8-11,14-15H2,1H3,(H2,33,38)(H,34,40)(H,37,39)(H,41,42)(H2,43,44,45)/t16-,24-,30+/m0/s1. The highest BCUT2D eigenvalue weighted by Crippen LogP contribution is 2.39. The zero-order chi connectivity index (χ0) is 34.5. The first-order valence-electron chi connectivity index (χ1n) is 14.8. The van der Waals surface area contributed by atoms with Gasteiger partial charge in [-0.1, -0.05) is 42.3 Å². The van der Waals surface area contributed by atoms with E-state index in [-0.39, 0.29) is 50.3 Å². The summed E-state index contributed by atoms with van der Waals surface area (Å²) in [6, 6.07) is 7.82. The number of aromatic amines is 1. The summed E-state index contributed by atoms with van der Waals surface area (Å²) in [4.78, 5) is 72.0. The van der Waals surface area contributed by atoms with Gasteiger partial charge in [-0.25, -0.2) is 9.36 Å². The molecule has 47 heavy (non-hydrogen) atoms. The molecule has 0 radical (unpaired) electrons. The van der Waals surface area contributed by atoms with E-state index in [2.05, 4.69) is 25.5 Å². The minimum Gasteiger partial charge on any atom is -0.465 e. The normalized spacial score (nSPS) is 17.3. The molecule has 14 nitrogen and oxygen atoms in total. The second-order valence-corrected chi connectivity index (χ2v) is 13.7. The predicted octanol–water partition coefficient (Wildman–Crippen LogP) is 3.58. The maximum absolute atomic E-state index is 14.0. The van der Waals surface area contributed by atoms with Gasteiger partial charge in [0.15, 0.2) is 0 Å². The number of phosphoric ester groups is 1. The van der Waals surface area contributed by atoms with Crippen LogP contribution in [0.15, 0.2) is 36.4 Å². The fourth-order valence-corrected chi connectivity index (χ4v) is 6.60. The van der Waals surface area contributed by atoms with Crippen molar-refractivity contribution in [2.75, 3.05) is 6.54 Å². The van der Waals surface area contributed by atoms with Gasteiger partial charge in [-0.3, -0.25) is 24.2 Å². The van der Waals surface area contributed by atoms with Crippen molar-refractivity contribution >= 4 is 65.7 Å². The Labute approximate surface area is 280 Å². The largest absolute Gasteiger partial charge is 0.524 e. The molecule has 0 spiro atoms. The Morgan fingerprint density at radius 2 is 1.83 bits per heavy atom. The molecular weight excluding hydrogens is 676 g/mol. The lowest BCUT2D eigenvalue weighted by molar-refractivity contribution is -0.135. The molecule has 3 aromatic rings. The number of H-pyrrole nitrogens is 1. The molecule has 1 aliphatic rings. The molecule has 0 unspecified atom stereocenters. The maximum atomic E-state index is 14.0. The molecular formula is C30H36Cl2N5O9P. The third kappa shape index (κ3) is 9.61. The number of carboxylic acid groups (broad SMARTS) is 1. The van der Waals surface area contributed by atoms with Crippen molar-refractivity contribution in [3.05, 3.63) is 63.3 Å². The Kier molecular flexibility index (Phi) is 11.5. The highest BCUT2D eigenvalue weighted by molar-refractivity contribution is 7.46. The molecule has 0 fully saturated rings. The molecule has 254 valence electrons. The van der Waals surface area contributed by atoms with Gasteiger partial charge < -0.3 is 36.3 Å². The molecule has 17 heteroatoms. The number of carbonyl (C=O) groups is 4. The van der Waals surface area contributed by atoms with Crippen LogP contribution in [-0.4, -0.2) is 61.8 Å². The lowest BCUT2D eigenvalue weighted by Gasteiger charge is -2.38. The Bertz CT molecular complexity index is 1710. The van der Waals surface area contributed by atoms with Gasteiger partial charge in [0.1, 0.15) is 17.3 Å². The summed E-state index contributed by atoms with van der Waals surface area (Å²) in [5.41, 5.74) is 6.66. The van der Waals surface area contributed by atoms with Crippen molar-refractivity contribution in [1.29, 1.82) is 0 Å². The van der Waals surface area contributed by atoms with E-state index in [1.165, 1.54) is 24.3 Å². The van der Waals surface area contributed by atoms with Crippen LogP contribution in [-0.2, 0) is 38.2 Å². The molecule has 0 aliphatic heterocycles. The summed E-state index contributed by atoms with van der Waals surface area (Å²) in [6.07, 6.45) is -0.0141. The Morgan fingerprint density at radius 1 is 1.13 bits per heavy atom. The van der Waals surface area contributed by atoms with Crippen LogP contribution in [0.4, 0.5) is 4.79 Å². The first-order valence-corrected chi connectivity index (χ1v) is 17.0. The Morgan fingerprint density at radius 3 is 2.47 bits per heavy atom. The molecule has 0 saturated heterocycles. The van der Waals surface area contributed by atoms with E-state index in [9.17, 15) is 28.8 Å². The molecule has 1 aromatic heterocycles. The van der Waals surface area contributed by atoms with Crippen LogP contribution in [0.25, 0.3) is 10.9 Å². The summed E-state index contributed by atoms with van der Waals surface area (Å²) in [7, 11) is -4.74. The van der Waals surface area contributed by atoms with E-state index in [1.807, 2.05) is 6.92 Å². The van der Waals surface area contributed by atoms with Crippen LogP contribution in [0, 0.1) is 5.92 Å². The summed E-state index contributed by atoms with van der Waals surface area (Å²) < 4.78 is 15.6. The van der Waals surface area contributed by atoms with Crippen LogP contribution in [0.2, 0.25) is 10.0 Å². The first-order chi connectivity index (χ1) is 22.0. The van der Waals surface area contributed by atoms with Crippen LogP contribution in [0.3, 0.4) is 0 Å². The maximum Gasteiger partial charge on any atom is 0.524 e. The van der Waals surface area contributed by atoms with Crippen LogP contribution >= 0.6 is 31.0 Å². The number of nitrogens with two attached hydrogens (primary N) is 1. The van der Waals surface area contributed by atoms with Gasteiger partial charge in [-0.05, 0) is 73.4 Å². The number of nitrogens with one attached hydrogen (secondary N) is 4. The van der Waals surface area contributed by atoms with Crippen molar-refractivity contribution in [2.45, 2.75) is 63.5 Å². The number of aromatic nitrogens is 1. The second kappa shape index (κ2) is 15.0. The number of benzene rings is 2. The number of halogens is 2. The van der Waals surface area contributed by atoms with Crippen molar-refractivity contribution in [2.24, 2.45) is 11.7 Å². The van der Waals surface area contributed by atoms with Crippen molar-refractivity contribution < 1.29 is 43.2 Å². The van der Waals surface area contributed by atoms with E-state index in [4.69, 9.17) is 38.7 Å². The quantitative estimate of drug-likeness (QED) is 0.114. The van der Waals surface area contributed by atoms with Crippen LogP contribution in [0.5, 0.6) is 5.75 Å². The predicted molar refractivity (Wildman–Crippen MR) is 174 cm³/mol. The third-order valence-corrected chi connectivity index (χ3v) is 9.04. The highest BCUT2D eigenvalue weighted by Gasteiger charge is 2.45. The zero-order valence-corrected chi connectivity index (χ0v) is 27.8. The minimum absolute atomic E-state index is 0.00221. The molecule has 4 amide bonds. The zero-order valence-electron chi connectivity index (χ0n) is 25.3. The summed E-state index contributed by atoms with van der Waals surface area (Å²) in [6.45, 7) is 2.06. The molecule has 2 aromatic carbocycles. The van der Waals surface area contributed by atoms with Crippen molar-refractivity contribution in [3.63, 3.8) is 0 Å². The molecule has 3 atom stereocenters. The van der Waals surface area contributed by atoms with E-state index < -0.39 is 43.2 Å². The minimum atomic E-state index is -4.74. The summed E-state index contributed by atoms with van der Waals surface area (Å²) in [5, 5.41) is 19.0. The fraction of sp³-hybridized carbons (Fsp3) is 0.400. The SMILES string of the molecule is C[C@@H](CCC(N)=O)CNC(=O)[C@@]1(NC(=O)[C@H](CCc2ccc(OP(=O)(O)O)cc2)NC(=O)O)CCc2[nH]c3c(Cl)cc(Cl)cc3c2C1. The fourth-order valence-electron chi connectivity index (χ4n) is 5.66. The lowest BCUT2D eigenvalue weighted by Crippen LogP contribution is -2.64. The Balaban J connectivity index is 1.58. The van der Waals surface area contributed by atoms with Gasteiger partial charge in [-0.2, -0.15) is 0 Å². The third-order valence-electron chi connectivity index (χ3n) is 8.08. The van der Waals surface area contributed by atoms with Crippen molar-refractivity contribution in [1.82, 2.24) is 20.9 Å². The van der Waals surface area contributed by atoms with E-state index in [0.29, 0.717) is 39.4 Å². The average Bonchev–Trinajstić information content (AvgIpc) is 3.34. The van der Waals surface area contributed by atoms with Crippen molar-refractivity contribution in [3.8, 4) is 5.75 Å². The monoisotopic (exact) mass is 711 g/mol. The van der Waals surface area contributed by atoms with E-state index in [0.717, 1.165) is 11.3 Å². The number of phosphoric acid groups is 1. The second-order valence-electron chi connectivity index (χ2n) is 11.7.